The maximum absolute atomic E-state index is 10.0. The fourth-order valence-electron chi connectivity index (χ4n) is 1.70. The van der Waals surface area contributed by atoms with E-state index in [0.29, 0.717) is 11.5 Å². The molecule has 0 saturated carbocycles. The average Bonchev–Trinajstić information content (AvgIpc) is 2.46. The van der Waals surface area contributed by atoms with Gasteiger partial charge < -0.3 is 14.6 Å². The van der Waals surface area contributed by atoms with Crippen molar-refractivity contribution in [3.8, 4) is 11.5 Å². The lowest BCUT2D eigenvalue weighted by molar-refractivity contribution is 0.106. The number of aliphatic hydroxyl groups excluding tert-OH is 1. The molecule has 0 bridgehead atoms. The monoisotopic (exact) mass is 322 g/mol. The van der Waals surface area contributed by atoms with Crippen LogP contribution >= 0.6 is 15.9 Å². The van der Waals surface area contributed by atoms with Crippen molar-refractivity contribution in [3.05, 3.63) is 58.6 Å². The minimum atomic E-state index is -0.662. The molecule has 2 rings (SSSR count). The highest BCUT2D eigenvalue weighted by Gasteiger charge is 2.10. The predicted octanol–water partition coefficient (Wildman–Crippen LogP) is 3.57. The van der Waals surface area contributed by atoms with Gasteiger partial charge in [0, 0.05) is 4.47 Å². The number of halogens is 1. The Labute approximate surface area is 120 Å². The van der Waals surface area contributed by atoms with Gasteiger partial charge in [-0.1, -0.05) is 46.3 Å². The van der Waals surface area contributed by atoms with Crippen LogP contribution in [0.25, 0.3) is 0 Å². The summed E-state index contributed by atoms with van der Waals surface area (Å²) in [6.45, 7) is 0.177. The second-order valence-electron chi connectivity index (χ2n) is 4.03. The topological polar surface area (TPSA) is 38.7 Å². The molecule has 4 heteroatoms. The summed E-state index contributed by atoms with van der Waals surface area (Å²) >= 11 is 3.38. The van der Waals surface area contributed by atoms with Crippen LogP contribution in [0, 0.1) is 0 Å². The predicted molar refractivity (Wildman–Crippen MR) is 77.6 cm³/mol. The van der Waals surface area contributed by atoms with Crippen LogP contribution < -0.4 is 9.47 Å². The van der Waals surface area contributed by atoms with Gasteiger partial charge in [0.05, 0.1) is 7.11 Å². The summed E-state index contributed by atoms with van der Waals surface area (Å²) in [7, 11) is 1.59. The third kappa shape index (κ3) is 3.72. The summed E-state index contributed by atoms with van der Waals surface area (Å²) < 4.78 is 11.7. The standard InChI is InChI=1S/C15H15BrO3/c1-18-14-8-7-12(16)9-15(14)19-10-13(17)11-5-3-2-4-6-11/h2-9,13,17H,10H2,1H3. The molecular formula is C15H15BrO3. The van der Waals surface area contributed by atoms with E-state index >= 15 is 0 Å². The van der Waals surface area contributed by atoms with Crippen LogP contribution in [0.1, 0.15) is 11.7 Å². The van der Waals surface area contributed by atoms with Crippen LogP contribution in [0.15, 0.2) is 53.0 Å². The Hall–Kier alpha value is -1.52. The van der Waals surface area contributed by atoms with Crippen molar-refractivity contribution in [1.29, 1.82) is 0 Å². The van der Waals surface area contributed by atoms with Crippen molar-refractivity contribution in [1.82, 2.24) is 0 Å². The Morgan fingerprint density at radius 2 is 1.84 bits per heavy atom. The highest BCUT2D eigenvalue weighted by atomic mass is 79.9. The Kier molecular flexibility index (Phi) is 4.82. The first-order valence-corrected chi connectivity index (χ1v) is 6.69. The second-order valence-corrected chi connectivity index (χ2v) is 4.95. The normalized spacial score (nSPS) is 11.9. The zero-order valence-electron chi connectivity index (χ0n) is 10.5. The van der Waals surface area contributed by atoms with Crippen molar-refractivity contribution in [2.24, 2.45) is 0 Å². The molecule has 1 unspecified atom stereocenters. The summed E-state index contributed by atoms with van der Waals surface area (Å²) in [4.78, 5) is 0. The van der Waals surface area contributed by atoms with Gasteiger partial charge in [-0.3, -0.25) is 0 Å². The van der Waals surface area contributed by atoms with Gasteiger partial charge in [-0.25, -0.2) is 0 Å². The number of methoxy groups -OCH3 is 1. The van der Waals surface area contributed by atoms with E-state index in [0.717, 1.165) is 10.0 Å². The number of benzene rings is 2. The van der Waals surface area contributed by atoms with Crippen molar-refractivity contribution in [2.45, 2.75) is 6.10 Å². The van der Waals surface area contributed by atoms with E-state index in [1.807, 2.05) is 48.5 Å². The highest BCUT2D eigenvalue weighted by molar-refractivity contribution is 9.10. The van der Waals surface area contributed by atoms with E-state index in [-0.39, 0.29) is 6.61 Å². The quantitative estimate of drug-likeness (QED) is 0.914. The molecule has 2 aromatic carbocycles. The molecule has 0 amide bonds. The lowest BCUT2D eigenvalue weighted by Crippen LogP contribution is -2.10. The highest BCUT2D eigenvalue weighted by Crippen LogP contribution is 2.31. The lowest BCUT2D eigenvalue weighted by atomic mass is 10.1. The molecule has 0 fully saturated rings. The molecule has 0 aliphatic heterocycles. The fraction of sp³-hybridized carbons (Fsp3) is 0.200. The van der Waals surface area contributed by atoms with Crippen LogP contribution in [0.4, 0.5) is 0 Å². The maximum Gasteiger partial charge on any atom is 0.162 e. The van der Waals surface area contributed by atoms with Crippen molar-refractivity contribution in [2.75, 3.05) is 13.7 Å². The molecule has 0 aromatic heterocycles. The molecule has 1 N–H and O–H groups in total. The zero-order valence-corrected chi connectivity index (χ0v) is 12.1. The molecule has 0 heterocycles. The van der Waals surface area contributed by atoms with Gasteiger partial charge in [-0.2, -0.15) is 0 Å². The summed E-state index contributed by atoms with van der Waals surface area (Å²) in [6.07, 6.45) is -0.662. The van der Waals surface area contributed by atoms with Crippen LogP contribution in [0.5, 0.6) is 11.5 Å². The van der Waals surface area contributed by atoms with Crippen LogP contribution in [0.3, 0.4) is 0 Å². The van der Waals surface area contributed by atoms with Gasteiger partial charge in [0.2, 0.25) is 0 Å². The number of aliphatic hydroxyl groups is 1. The van der Waals surface area contributed by atoms with E-state index in [1.54, 1.807) is 7.11 Å². The first-order valence-electron chi connectivity index (χ1n) is 5.90. The Morgan fingerprint density at radius 1 is 1.11 bits per heavy atom. The summed E-state index contributed by atoms with van der Waals surface area (Å²) in [5, 5.41) is 10.0. The summed E-state index contributed by atoms with van der Waals surface area (Å²) in [5.74, 6) is 1.25. The molecule has 0 radical (unpaired) electrons. The Bertz CT molecular complexity index is 528. The second kappa shape index (κ2) is 6.59. The number of ether oxygens (including phenoxy) is 2. The SMILES string of the molecule is COc1ccc(Br)cc1OCC(O)c1ccccc1. The molecule has 0 aliphatic carbocycles. The van der Waals surface area contributed by atoms with Crippen LogP contribution in [-0.2, 0) is 0 Å². The van der Waals surface area contributed by atoms with E-state index in [4.69, 9.17) is 9.47 Å². The molecular weight excluding hydrogens is 308 g/mol. The molecule has 19 heavy (non-hydrogen) atoms. The number of hydrogen-bond donors (Lipinski definition) is 1. The first-order chi connectivity index (χ1) is 9.20. The molecule has 100 valence electrons. The molecule has 1 atom stereocenters. The summed E-state index contributed by atoms with van der Waals surface area (Å²) in [6, 6.07) is 14.9. The van der Waals surface area contributed by atoms with E-state index in [1.165, 1.54) is 0 Å². The van der Waals surface area contributed by atoms with Gasteiger partial charge in [-0.05, 0) is 23.8 Å². The van der Waals surface area contributed by atoms with Crippen LogP contribution in [0.2, 0.25) is 0 Å². The molecule has 0 aliphatic rings. The van der Waals surface area contributed by atoms with Crippen molar-refractivity contribution < 1.29 is 14.6 Å². The van der Waals surface area contributed by atoms with E-state index in [9.17, 15) is 5.11 Å². The molecule has 3 nitrogen and oxygen atoms in total. The van der Waals surface area contributed by atoms with Gasteiger partial charge in [0.25, 0.3) is 0 Å². The summed E-state index contributed by atoms with van der Waals surface area (Å²) in [5.41, 5.74) is 0.830. The Morgan fingerprint density at radius 3 is 2.53 bits per heavy atom. The largest absolute Gasteiger partial charge is 0.493 e. The van der Waals surface area contributed by atoms with Gasteiger partial charge in [0.15, 0.2) is 11.5 Å². The van der Waals surface area contributed by atoms with E-state index < -0.39 is 6.10 Å². The number of rotatable bonds is 5. The molecule has 2 aromatic rings. The zero-order chi connectivity index (χ0) is 13.7. The molecule has 0 saturated heterocycles. The van der Waals surface area contributed by atoms with Crippen molar-refractivity contribution >= 4 is 15.9 Å². The minimum absolute atomic E-state index is 0.177. The maximum atomic E-state index is 10.0. The third-order valence-electron chi connectivity index (χ3n) is 2.71. The smallest absolute Gasteiger partial charge is 0.162 e. The number of hydrogen-bond acceptors (Lipinski definition) is 3. The minimum Gasteiger partial charge on any atom is -0.493 e. The van der Waals surface area contributed by atoms with Crippen LogP contribution in [-0.4, -0.2) is 18.8 Å². The fourth-order valence-corrected chi connectivity index (χ4v) is 2.04. The van der Waals surface area contributed by atoms with Gasteiger partial charge in [0.1, 0.15) is 12.7 Å². The van der Waals surface area contributed by atoms with Crippen molar-refractivity contribution in [3.63, 3.8) is 0 Å². The third-order valence-corrected chi connectivity index (χ3v) is 3.20. The van der Waals surface area contributed by atoms with Gasteiger partial charge in [-0.15, -0.1) is 0 Å². The lowest BCUT2D eigenvalue weighted by Gasteiger charge is -2.15. The van der Waals surface area contributed by atoms with Gasteiger partial charge >= 0.3 is 0 Å². The molecule has 0 spiro atoms. The average molecular weight is 323 g/mol. The Balaban J connectivity index is 2.04. The van der Waals surface area contributed by atoms with E-state index in [2.05, 4.69) is 15.9 Å². The first kappa shape index (κ1) is 13.9.